The molecule has 8 aliphatic rings. The Hall–Kier alpha value is -3.15. The second-order valence-corrected chi connectivity index (χ2v) is 54.4. The summed E-state index contributed by atoms with van der Waals surface area (Å²) in [4.78, 5) is 8.64. The van der Waals surface area contributed by atoms with Gasteiger partial charge in [0.25, 0.3) is 0 Å². The topological polar surface area (TPSA) is 366 Å². The number of sulfone groups is 10. The number of hydrogen-bond donors (Lipinski definition) is 1. The van der Waals surface area contributed by atoms with Crippen LogP contribution >= 0.6 is 58.0 Å². The molecular weight excluding hydrogens is 1760 g/mol. The quantitative estimate of drug-likeness (QED) is 0.0809. The first-order chi connectivity index (χ1) is 52.6. The van der Waals surface area contributed by atoms with Crippen LogP contribution in [-0.2, 0) is 98.4 Å². The van der Waals surface area contributed by atoms with Gasteiger partial charge in [0.15, 0.2) is 98.4 Å². The van der Waals surface area contributed by atoms with Gasteiger partial charge in [-0.25, -0.2) is 84.2 Å². The molecule has 0 bridgehead atoms. The molecule has 0 radical (unpaired) electrons. The first-order valence-corrected chi connectivity index (χ1v) is 56.0. The highest BCUT2D eigenvalue weighted by Gasteiger charge is 2.53. The summed E-state index contributed by atoms with van der Waals surface area (Å²) < 4.78 is 249. The predicted molar refractivity (Wildman–Crippen MR) is 446 cm³/mol. The summed E-state index contributed by atoms with van der Waals surface area (Å²) >= 11 is 29.0. The van der Waals surface area contributed by atoms with Crippen LogP contribution in [0.1, 0.15) is 85.5 Å². The maximum atomic E-state index is 13.0. The number of nitrogens with zero attached hydrogens (tertiary/aromatic N) is 4. The van der Waals surface area contributed by atoms with E-state index in [1.165, 1.54) is 121 Å². The van der Waals surface area contributed by atoms with Crippen LogP contribution in [-0.4, -0.2) is 277 Å². The van der Waals surface area contributed by atoms with E-state index in [2.05, 4.69) is 17.1 Å². The third-order valence-corrected chi connectivity index (χ3v) is 43.8. The summed E-state index contributed by atoms with van der Waals surface area (Å²) in [5.74, 6) is -1.40. The molecule has 0 saturated carbocycles. The number of halogens is 5. The van der Waals surface area contributed by atoms with Crippen molar-refractivity contribution in [2.45, 2.75) is 172 Å². The van der Waals surface area contributed by atoms with Crippen LogP contribution in [0.25, 0.3) is 0 Å². The molecule has 8 heterocycles. The predicted octanol–water partition coefficient (Wildman–Crippen LogP) is 8.44. The number of rotatable bonds is 19. The van der Waals surface area contributed by atoms with E-state index in [1.807, 2.05) is 35.5 Å². The SMILES string of the molecule is CC(C)N[C@H]1CS(=O)(=O)C[C@@H]1S(=O)(=O)c1ccc(Cl)cc1.CC1CCN([C@H]2CS(=O)(=O)C[C@@H]2S(=O)(=O)c2ccc(Cl)cc2)CC1.CCCCN(C)[C@H]1CS(=O)(=O)C[C@@H]1S(=O)(=O)c1ccc(Cl)cc1.O=S1(=O)C[C@H](N2CCCC2)[C@@H](S(=O)(=O)c2ccc(Cl)cc2)C1.O=S1(=O)C[C@H](N2CCCCC2)[C@@H](S(=O)(=O)c2ccc(Cl)cc2)C1. The van der Waals surface area contributed by atoms with Gasteiger partial charge >= 0.3 is 0 Å². The van der Waals surface area contributed by atoms with Crippen LogP contribution in [0.15, 0.2) is 146 Å². The molecule has 0 aliphatic carbocycles. The minimum Gasteiger partial charge on any atom is -0.309 e. The van der Waals surface area contributed by atoms with Gasteiger partial charge in [-0.2, -0.15) is 0 Å². The Bertz CT molecular complexity index is 5320. The molecule has 8 aliphatic heterocycles. The Kier molecular flexibility index (Phi) is 31.8. The molecule has 5 aromatic carbocycles. The molecule has 0 amide bonds. The van der Waals surface area contributed by atoms with Gasteiger partial charge in [0.2, 0.25) is 0 Å². The van der Waals surface area contributed by atoms with E-state index >= 15 is 0 Å². The van der Waals surface area contributed by atoms with Crippen molar-refractivity contribution in [2.75, 3.05) is 110 Å². The van der Waals surface area contributed by atoms with Gasteiger partial charge in [-0.1, -0.05) is 98.5 Å². The lowest BCUT2D eigenvalue weighted by atomic mass is 9.98. The maximum Gasteiger partial charge on any atom is 0.183 e. The lowest BCUT2D eigenvalue weighted by molar-refractivity contribution is 0.151. The number of unbranched alkanes of at least 4 members (excludes halogenated alkanes) is 1. The fourth-order valence-electron chi connectivity index (χ4n) is 15.8. The average Bonchev–Trinajstić information content (AvgIpc) is 1.64. The van der Waals surface area contributed by atoms with Gasteiger partial charge in [-0.05, 0) is 225 Å². The Morgan fingerprint density at radius 2 is 0.628 bits per heavy atom. The van der Waals surface area contributed by atoms with Crippen LogP contribution in [0.3, 0.4) is 0 Å². The highest BCUT2D eigenvalue weighted by molar-refractivity contribution is 7.98. The largest absolute Gasteiger partial charge is 0.309 e. The number of piperidine rings is 2. The Morgan fingerprint density at radius 1 is 0.372 bits per heavy atom. The van der Waals surface area contributed by atoms with E-state index in [9.17, 15) is 84.2 Å². The summed E-state index contributed by atoms with van der Waals surface area (Å²) in [6.45, 7) is 13.2. The normalized spacial score (nSPS) is 27.3. The van der Waals surface area contributed by atoms with Gasteiger partial charge < -0.3 is 10.2 Å². The van der Waals surface area contributed by atoms with Gasteiger partial charge in [0.1, 0.15) is 0 Å². The molecule has 40 heteroatoms. The molecule has 10 atom stereocenters. The molecule has 0 aromatic heterocycles. The summed E-state index contributed by atoms with van der Waals surface area (Å²) in [5, 5.41) is 0.695. The minimum atomic E-state index is -3.73. The first kappa shape index (κ1) is 93.7. The zero-order valence-corrected chi connectivity index (χ0v) is 75.2. The van der Waals surface area contributed by atoms with E-state index < -0.39 is 155 Å². The van der Waals surface area contributed by atoms with E-state index in [-0.39, 0.29) is 88.0 Å². The average molecular weight is 1870 g/mol. The Morgan fingerprint density at radius 3 is 0.938 bits per heavy atom. The monoisotopic (exact) mass is 1860 g/mol. The molecule has 13 rings (SSSR count). The van der Waals surface area contributed by atoms with Crippen molar-refractivity contribution >= 4 is 156 Å². The number of likely N-dealkylation sites (tertiary alicyclic amines) is 3. The van der Waals surface area contributed by atoms with Crippen molar-refractivity contribution in [1.82, 2.24) is 24.9 Å². The molecule has 25 nitrogen and oxygen atoms in total. The lowest BCUT2D eigenvalue weighted by Gasteiger charge is -2.36. The van der Waals surface area contributed by atoms with Crippen LogP contribution in [0.4, 0.5) is 0 Å². The minimum absolute atomic E-state index is 0.00576. The van der Waals surface area contributed by atoms with Gasteiger partial charge in [0, 0.05) is 61.4 Å². The van der Waals surface area contributed by atoms with E-state index in [4.69, 9.17) is 58.0 Å². The molecular formula is C73H100Cl5N5O20S10. The molecule has 113 heavy (non-hydrogen) atoms. The number of hydrogen-bond acceptors (Lipinski definition) is 25. The van der Waals surface area contributed by atoms with Crippen molar-refractivity contribution in [1.29, 1.82) is 0 Å². The molecule has 8 saturated heterocycles. The van der Waals surface area contributed by atoms with E-state index in [1.54, 1.807) is 7.05 Å². The second kappa shape index (κ2) is 38.3. The third-order valence-electron chi connectivity index (χ3n) is 21.8. The third kappa shape index (κ3) is 24.4. The smallest absolute Gasteiger partial charge is 0.183 e. The molecule has 8 fully saturated rings. The standard InChI is InChI=1S/C16H22ClNO4S2.C15H20ClNO4S2.C15H22ClNO4S2.C14H18ClNO4S2.C13H18ClNO4S2/c1-12-6-8-18(9-7-12)15-10-23(19,20)11-16(15)24(21,22)14-4-2-13(17)3-5-14;16-12-4-6-13(7-5-12)23(20,21)15-11-22(18,19)10-14(15)17-8-2-1-3-9-17;1-3-4-9-17(2)14-10-22(18,19)11-15(14)23(20,21)13-7-5-12(16)6-8-13;15-11-3-5-12(6-4-11)22(19,20)14-10-21(17,18)9-13(14)16-7-1-2-8-16;1-9(2)15-12-7-20(16,17)8-13(12)21(18,19)11-5-3-10(14)4-6-11/h2-5,12,15-16H,6-11H2,1H3;4-7,14-15H,1-3,8-11H2;5-8,14-15H,3-4,9-11H2,1-2H3;3-6,13-14H,1-2,7-10H2;3-6,9,12-13,15H,7-8H2,1-2H3/t15-,16-;2*14-,15-;13-,14-;12-,13-/m00000/s1. The summed E-state index contributed by atoms with van der Waals surface area (Å²) in [6.07, 6.45) is 8.90. The second-order valence-electron chi connectivity index (χ2n) is 30.7. The zero-order valence-electron chi connectivity index (χ0n) is 63.3. The van der Waals surface area contributed by atoms with Gasteiger partial charge in [-0.3, -0.25) is 14.7 Å². The molecule has 0 unspecified atom stereocenters. The van der Waals surface area contributed by atoms with Gasteiger partial charge in [0.05, 0.1) is 108 Å². The maximum absolute atomic E-state index is 13.0. The van der Waals surface area contributed by atoms with Crippen LogP contribution in [0.5, 0.6) is 0 Å². The summed E-state index contributed by atoms with van der Waals surface area (Å²) in [7, 11) is -33.5. The van der Waals surface area contributed by atoms with Crippen LogP contribution in [0.2, 0.25) is 25.1 Å². The zero-order chi connectivity index (χ0) is 83.2. The fourth-order valence-corrected chi connectivity index (χ4v) is 40.5. The van der Waals surface area contributed by atoms with Gasteiger partial charge in [-0.15, -0.1) is 0 Å². The fraction of sp³-hybridized carbons (Fsp3) is 0.589. The van der Waals surface area contributed by atoms with Crippen molar-refractivity contribution in [3.05, 3.63) is 146 Å². The van der Waals surface area contributed by atoms with Crippen molar-refractivity contribution < 1.29 is 84.2 Å². The van der Waals surface area contributed by atoms with Crippen molar-refractivity contribution in [3.8, 4) is 0 Å². The Labute approximate surface area is 694 Å². The number of benzene rings is 5. The highest BCUT2D eigenvalue weighted by Crippen LogP contribution is 2.37. The molecule has 5 aromatic rings. The number of nitrogens with one attached hydrogen (secondary N) is 1. The lowest BCUT2D eigenvalue weighted by Crippen LogP contribution is -2.49. The molecule has 632 valence electrons. The van der Waals surface area contributed by atoms with Crippen LogP contribution < -0.4 is 5.32 Å². The van der Waals surface area contributed by atoms with Crippen LogP contribution in [0, 0.1) is 5.92 Å². The molecule has 1 N–H and O–H groups in total. The van der Waals surface area contributed by atoms with E-state index in [0.717, 1.165) is 97.1 Å². The molecule has 0 spiro atoms. The van der Waals surface area contributed by atoms with Crippen molar-refractivity contribution in [3.63, 3.8) is 0 Å². The Balaban J connectivity index is 0.000000162. The van der Waals surface area contributed by atoms with E-state index in [0.29, 0.717) is 37.6 Å². The summed E-state index contributed by atoms with van der Waals surface area (Å²) in [5.41, 5.74) is 0. The van der Waals surface area contributed by atoms with Crippen molar-refractivity contribution in [2.24, 2.45) is 5.92 Å². The summed E-state index contributed by atoms with van der Waals surface area (Å²) in [6, 6.07) is 27.1. The highest BCUT2D eigenvalue weighted by atomic mass is 35.5. The first-order valence-electron chi connectivity index (χ1n) is 37.2.